The molecule has 2 rings (SSSR count). The lowest BCUT2D eigenvalue weighted by atomic mass is 10.1. The van der Waals surface area contributed by atoms with E-state index < -0.39 is 12.2 Å². The van der Waals surface area contributed by atoms with Gasteiger partial charge in [0, 0.05) is 27.1 Å². The molecule has 1 saturated heterocycles. The summed E-state index contributed by atoms with van der Waals surface area (Å²) in [6, 6.07) is 4.32. The number of anilines is 1. The molecule has 1 N–H and O–H groups in total. The summed E-state index contributed by atoms with van der Waals surface area (Å²) in [4.78, 5) is 13.4. The van der Waals surface area contributed by atoms with E-state index in [0.717, 1.165) is 13.0 Å². The maximum atomic E-state index is 13.6. The Morgan fingerprint density at radius 1 is 1.55 bits per heavy atom. The monoisotopic (exact) mass is 284 g/mol. The van der Waals surface area contributed by atoms with Gasteiger partial charge >= 0.3 is 0 Å². The summed E-state index contributed by atoms with van der Waals surface area (Å²) in [5, 5.41) is 2.97. The molecule has 1 unspecified atom stereocenters. The molecule has 1 heterocycles. The number of likely N-dealkylation sites (tertiary alicyclic amines) is 1. The van der Waals surface area contributed by atoms with Crippen LogP contribution in [0.5, 0.6) is 5.75 Å². The molecule has 1 aromatic rings. The molecule has 0 radical (unpaired) electrons. The van der Waals surface area contributed by atoms with Crippen molar-refractivity contribution in [2.45, 2.75) is 19.7 Å². The second-order valence-corrected chi connectivity index (χ2v) is 4.90. The topological polar surface area (TPSA) is 41.6 Å². The Kier molecular flexibility index (Phi) is 4.42. The SMILES string of the molecule is CC(F)Oc1c(F)cccc1NC[C@@H]1CCN(C)C1=O. The van der Waals surface area contributed by atoms with Crippen LogP contribution in [0.25, 0.3) is 0 Å². The summed E-state index contributed by atoms with van der Waals surface area (Å²) in [7, 11) is 1.75. The van der Waals surface area contributed by atoms with Crippen LogP contribution in [0.3, 0.4) is 0 Å². The second-order valence-electron chi connectivity index (χ2n) is 4.90. The van der Waals surface area contributed by atoms with E-state index in [0.29, 0.717) is 12.2 Å². The van der Waals surface area contributed by atoms with Gasteiger partial charge in [0.25, 0.3) is 0 Å². The van der Waals surface area contributed by atoms with Crippen LogP contribution in [0.4, 0.5) is 14.5 Å². The van der Waals surface area contributed by atoms with Crippen molar-refractivity contribution < 1.29 is 18.3 Å². The molecule has 2 atom stereocenters. The van der Waals surface area contributed by atoms with Crippen molar-refractivity contribution in [2.24, 2.45) is 5.92 Å². The normalized spacial score (nSPS) is 20.1. The average Bonchev–Trinajstić information content (AvgIpc) is 2.70. The van der Waals surface area contributed by atoms with Crippen LogP contribution in [0.1, 0.15) is 13.3 Å². The third kappa shape index (κ3) is 3.18. The number of alkyl halides is 1. The first-order valence-corrected chi connectivity index (χ1v) is 6.57. The molecule has 1 fully saturated rings. The summed E-state index contributed by atoms with van der Waals surface area (Å²) >= 11 is 0. The van der Waals surface area contributed by atoms with Crippen LogP contribution in [-0.4, -0.2) is 37.3 Å². The number of rotatable bonds is 5. The number of carbonyl (C=O) groups excluding carboxylic acids is 1. The van der Waals surface area contributed by atoms with E-state index in [-0.39, 0.29) is 17.6 Å². The zero-order valence-corrected chi connectivity index (χ0v) is 11.5. The Morgan fingerprint density at radius 3 is 2.90 bits per heavy atom. The predicted molar refractivity (Wildman–Crippen MR) is 71.8 cm³/mol. The first-order chi connectivity index (χ1) is 9.49. The molecule has 4 nitrogen and oxygen atoms in total. The Morgan fingerprint density at radius 2 is 2.30 bits per heavy atom. The number of halogens is 2. The number of hydrogen-bond acceptors (Lipinski definition) is 3. The third-order valence-electron chi connectivity index (χ3n) is 3.32. The van der Waals surface area contributed by atoms with Crippen molar-refractivity contribution in [3.63, 3.8) is 0 Å². The fraction of sp³-hybridized carbons (Fsp3) is 0.500. The van der Waals surface area contributed by atoms with Crippen molar-refractivity contribution >= 4 is 11.6 Å². The second kappa shape index (κ2) is 6.07. The van der Waals surface area contributed by atoms with Crippen LogP contribution in [-0.2, 0) is 4.79 Å². The van der Waals surface area contributed by atoms with Gasteiger partial charge in [0.15, 0.2) is 11.6 Å². The molecule has 20 heavy (non-hydrogen) atoms. The molecule has 0 spiro atoms. The van der Waals surface area contributed by atoms with Crippen molar-refractivity contribution in [1.82, 2.24) is 4.90 Å². The Labute approximate surface area is 116 Å². The van der Waals surface area contributed by atoms with Gasteiger partial charge in [0.1, 0.15) is 0 Å². The average molecular weight is 284 g/mol. The Bertz CT molecular complexity index is 494. The highest BCUT2D eigenvalue weighted by molar-refractivity contribution is 5.81. The fourth-order valence-electron chi connectivity index (χ4n) is 2.25. The Balaban J connectivity index is 2.06. The maximum Gasteiger partial charge on any atom is 0.236 e. The van der Waals surface area contributed by atoms with E-state index in [1.807, 2.05) is 0 Å². The molecule has 0 saturated carbocycles. The number of ether oxygens (including phenoxy) is 1. The lowest BCUT2D eigenvalue weighted by Gasteiger charge is -2.16. The molecule has 0 bridgehead atoms. The lowest BCUT2D eigenvalue weighted by molar-refractivity contribution is -0.129. The minimum Gasteiger partial charge on any atom is -0.455 e. The number of benzene rings is 1. The van der Waals surface area contributed by atoms with Crippen molar-refractivity contribution in [1.29, 1.82) is 0 Å². The lowest BCUT2D eigenvalue weighted by Crippen LogP contribution is -2.26. The van der Waals surface area contributed by atoms with E-state index >= 15 is 0 Å². The highest BCUT2D eigenvalue weighted by atomic mass is 19.1. The number of nitrogens with zero attached hydrogens (tertiary/aromatic N) is 1. The molecule has 6 heteroatoms. The summed E-state index contributed by atoms with van der Waals surface area (Å²) in [5.41, 5.74) is 0.358. The molecule has 1 amide bonds. The van der Waals surface area contributed by atoms with Crippen LogP contribution in [0.2, 0.25) is 0 Å². The number of para-hydroxylation sites is 1. The van der Waals surface area contributed by atoms with Gasteiger partial charge in [-0.15, -0.1) is 0 Å². The van der Waals surface area contributed by atoms with Gasteiger partial charge < -0.3 is 15.0 Å². The van der Waals surface area contributed by atoms with Crippen LogP contribution < -0.4 is 10.1 Å². The molecule has 1 aliphatic rings. The van der Waals surface area contributed by atoms with Gasteiger partial charge in [-0.1, -0.05) is 6.07 Å². The third-order valence-corrected chi connectivity index (χ3v) is 3.32. The summed E-state index contributed by atoms with van der Waals surface area (Å²) in [5.74, 6) is -0.857. The maximum absolute atomic E-state index is 13.6. The molecule has 0 aromatic heterocycles. The van der Waals surface area contributed by atoms with Crippen LogP contribution in [0.15, 0.2) is 18.2 Å². The van der Waals surface area contributed by atoms with E-state index in [2.05, 4.69) is 5.32 Å². The fourth-order valence-corrected chi connectivity index (χ4v) is 2.25. The number of nitrogens with one attached hydrogen (secondary N) is 1. The van der Waals surface area contributed by atoms with Gasteiger partial charge in [-0.25, -0.2) is 8.78 Å². The first kappa shape index (κ1) is 14.6. The molecule has 0 aliphatic carbocycles. The largest absolute Gasteiger partial charge is 0.455 e. The number of carbonyl (C=O) groups is 1. The van der Waals surface area contributed by atoms with E-state index in [4.69, 9.17) is 4.74 Å². The summed E-state index contributed by atoms with van der Waals surface area (Å²) in [6.07, 6.45) is -0.848. The van der Waals surface area contributed by atoms with Gasteiger partial charge in [-0.3, -0.25) is 4.79 Å². The van der Waals surface area contributed by atoms with E-state index in [9.17, 15) is 13.6 Å². The number of hydrogen-bond donors (Lipinski definition) is 1. The quantitative estimate of drug-likeness (QED) is 0.903. The number of amides is 1. The van der Waals surface area contributed by atoms with Crippen molar-refractivity contribution in [3.05, 3.63) is 24.0 Å². The highest BCUT2D eigenvalue weighted by Crippen LogP contribution is 2.29. The van der Waals surface area contributed by atoms with Crippen LogP contribution >= 0.6 is 0 Å². The zero-order valence-electron chi connectivity index (χ0n) is 11.5. The van der Waals surface area contributed by atoms with Gasteiger partial charge in [0.2, 0.25) is 12.3 Å². The van der Waals surface area contributed by atoms with Crippen molar-refractivity contribution in [3.8, 4) is 5.75 Å². The first-order valence-electron chi connectivity index (χ1n) is 6.57. The highest BCUT2D eigenvalue weighted by Gasteiger charge is 2.28. The molecular formula is C14H18F2N2O2. The predicted octanol–water partition coefficient (Wildman–Crippen LogP) is 2.41. The van der Waals surface area contributed by atoms with Gasteiger partial charge in [-0.2, -0.15) is 0 Å². The van der Waals surface area contributed by atoms with E-state index in [1.165, 1.54) is 19.1 Å². The van der Waals surface area contributed by atoms with Gasteiger partial charge in [-0.05, 0) is 18.6 Å². The molecular weight excluding hydrogens is 266 g/mol. The van der Waals surface area contributed by atoms with Crippen molar-refractivity contribution in [2.75, 3.05) is 25.5 Å². The standard InChI is InChI=1S/C14H18F2N2O2/c1-9(15)20-13-11(16)4-3-5-12(13)17-8-10-6-7-18(2)14(10)19/h3-5,9-10,17H,6-8H2,1-2H3/t9?,10-/m0/s1. The molecule has 110 valence electrons. The van der Waals surface area contributed by atoms with Crippen LogP contribution in [0, 0.1) is 11.7 Å². The smallest absolute Gasteiger partial charge is 0.236 e. The summed E-state index contributed by atoms with van der Waals surface area (Å²) < 4.78 is 31.4. The van der Waals surface area contributed by atoms with E-state index in [1.54, 1.807) is 18.0 Å². The molecule has 1 aliphatic heterocycles. The minimum atomic E-state index is -1.60. The Hall–Kier alpha value is -1.85. The summed E-state index contributed by atoms with van der Waals surface area (Å²) in [6.45, 7) is 2.29. The zero-order chi connectivity index (χ0) is 14.7. The van der Waals surface area contributed by atoms with Gasteiger partial charge in [0.05, 0.1) is 11.6 Å². The minimum absolute atomic E-state index is 0.0650. The molecule has 1 aromatic carbocycles.